The Labute approximate surface area is 155 Å². The van der Waals surface area contributed by atoms with E-state index in [9.17, 15) is 0 Å². The van der Waals surface area contributed by atoms with Crippen LogP contribution >= 0.6 is 23.2 Å². The summed E-state index contributed by atoms with van der Waals surface area (Å²) in [7, 11) is 0. The largest absolute Gasteiger partial charge is 0.375 e. The fourth-order valence-electron chi connectivity index (χ4n) is 2.76. The molecule has 0 saturated heterocycles. The minimum Gasteiger partial charge on any atom is -0.375 e. The van der Waals surface area contributed by atoms with Crippen molar-refractivity contribution in [1.29, 1.82) is 0 Å². The molecule has 0 heterocycles. The zero-order valence-electron chi connectivity index (χ0n) is 13.9. The molecule has 2 aromatic rings. The first-order chi connectivity index (χ1) is 11.8. The van der Waals surface area contributed by atoms with Crippen LogP contribution in [-0.2, 0) is 17.8 Å². The molecular weight excluding hydrogens is 341 g/mol. The Bertz CT molecular complexity index is 544. The molecule has 0 spiro atoms. The topological polar surface area (TPSA) is 12.5 Å². The number of alkyl halides is 2. The second kappa shape index (κ2) is 11.5. The van der Waals surface area contributed by atoms with Gasteiger partial charge in [0.2, 0.25) is 0 Å². The third-order valence-corrected chi connectivity index (χ3v) is 4.33. The van der Waals surface area contributed by atoms with Gasteiger partial charge in [-0.25, -0.2) is 0 Å². The van der Waals surface area contributed by atoms with Crippen LogP contribution in [0.5, 0.6) is 0 Å². The maximum Gasteiger partial charge on any atom is 0.0717 e. The van der Waals surface area contributed by atoms with Crippen molar-refractivity contribution in [2.75, 3.05) is 31.5 Å². The molecule has 0 radical (unpaired) electrons. The van der Waals surface area contributed by atoms with Gasteiger partial charge in [0.1, 0.15) is 0 Å². The molecule has 0 bridgehead atoms. The number of hydrogen-bond acceptors (Lipinski definition) is 2. The maximum absolute atomic E-state index is 6.00. The van der Waals surface area contributed by atoms with Crippen LogP contribution in [0.2, 0.25) is 0 Å². The van der Waals surface area contributed by atoms with Crippen LogP contribution in [0.15, 0.2) is 60.7 Å². The summed E-state index contributed by atoms with van der Waals surface area (Å²) >= 11 is 12.0. The highest BCUT2D eigenvalue weighted by molar-refractivity contribution is 6.18. The predicted molar refractivity (Wildman–Crippen MR) is 103 cm³/mol. The van der Waals surface area contributed by atoms with Crippen molar-refractivity contribution < 1.29 is 4.74 Å². The lowest BCUT2D eigenvalue weighted by atomic mass is 10.1. The van der Waals surface area contributed by atoms with Crippen molar-refractivity contribution in [3.05, 3.63) is 71.8 Å². The van der Waals surface area contributed by atoms with Crippen molar-refractivity contribution >= 4 is 23.2 Å². The van der Waals surface area contributed by atoms with Gasteiger partial charge in [0, 0.05) is 30.9 Å². The Morgan fingerprint density at radius 2 is 1.33 bits per heavy atom. The van der Waals surface area contributed by atoms with Gasteiger partial charge < -0.3 is 4.74 Å². The lowest BCUT2D eigenvalue weighted by Crippen LogP contribution is -2.42. The van der Waals surface area contributed by atoms with E-state index in [1.807, 2.05) is 24.3 Å². The van der Waals surface area contributed by atoms with Crippen molar-refractivity contribution in [2.24, 2.45) is 0 Å². The fourth-order valence-corrected chi connectivity index (χ4v) is 3.19. The van der Waals surface area contributed by atoms with Gasteiger partial charge in [-0.15, -0.1) is 23.2 Å². The minimum absolute atomic E-state index is 0.272. The Kier molecular flexibility index (Phi) is 9.22. The average Bonchev–Trinajstić information content (AvgIpc) is 2.62. The van der Waals surface area contributed by atoms with Crippen molar-refractivity contribution in [1.82, 2.24) is 4.90 Å². The Morgan fingerprint density at radius 3 is 1.88 bits per heavy atom. The van der Waals surface area contributed by atoms with Gasteiger partial charge in [0.15, 0.2) is 0 Å². The predicted octanol–water partition coefficient (Wildman–Crippen LogP) is 4.59. The molecular formula is C20H25Cl2NO. The molecule has 0 aliphatic heterocycles. The Hall–Kier alpha value is -1.06. The van der Waals surface area contributed by atoms with Gasteiger partial charge in [-0.05, 0) is 17.5 Å². The molecule has 4 heteroatoms. The number of benzene rings is 2. The van der Waals surface area contributed by atoms with Gasteiger partial charge in [0.05, 0.1) is 13.2 Å². The first-order valence-corrected chi connectivity index (χ1v) is 9.42. The minimum atomic E-state index is 0.272. The van der Waals surface area contributed by atoms with Crippen LogP contribution in [0.3, 0.4) is 0 Å². The molecule has 0 N–H and O–H groups in total. The zero-order chi connectivity index (χ0) is 17.0. The fraction of sp³-hybridized carbons (Fsp3) is 0.400. The maximum atomic E-state index is 6.00. The number of ether oxygens (including phenoxy) is 1. The van der Waals surface area contributed by atoms with E-state index in [1.54, 1.807) is 0 Å². The van der Waals surface area contributed by atoms with Crippen LogP contribution in [0, 0.1) is 0 Å². The second-order valence-corrected chi connectivity index (χ2v) is 6.51. The molecule has 0 unspecified atom stereocenters. The molecule has 24 heavy (non-hydrogen) atoms. The zero-order valence-corrected chi connectivity index (χ0v) is 15.4. The summed E-state index contributed by atoms with van der Waals surface area (Å²) in [6.07, 6.45) is 0.934. The van der Waals surface area contributed by atoms with Gasteiger partial charge in [0.25, 0.3) is 0 Å². The Morgan fingerprint density at radius 1 is 0.792 bits per heavy atom. The van der Waals surface area contributed by atoms with Crippen LogP contribution in [0.25, 0.3) is 0 Å². The van der Waals surface area contributed by atoms with Gasteiger partial charge in [-0.2, -0.15) is 0 Å². The van der Waals surface area contributed by atoms with E-state index < -0.39 is 0 Å². The molecule has 0 aliphatic carbocycles. The molecule has 2 rings (SSSR count). The molecule has 0 aliphatic rings. The molecule has 0 aromatic heterocycles. The van der Waals surface area contributed by atoms with Crippen LogP contribution in [0.4, 0.5) is 0 Å². The van der Waals surface area contributed by atoms with Crippen molar-refractivity contribution in [2.45, 2.75) is 19.1 Å². The lowest BCUT2D eigenvalue weighted by molar-refractivity contribution is 0.0546. The highest BCUT2D eigenvalue weighted by Crippen LogP contribution is 2.12. The van der Waals surface area contributed by atoms with Gasteiger partial charge in [-0.3, -0.25) is 4.90 Å². The summed E-state index contributed by atoms with van der Waals surface area (Å²) in [6, 6.07) is 21.0. The molecule has 2 nitrogen and oxygen atoms in total. The highest BCUT2D eigenvalue weighted by Gasteiger charge is 2.18. The average molecular weight is 366 g/mol. The molecule has 0 amide bonds. The van der Waals surface area contributed by atoms with Gasteiger partial charge >= 0.3 is 0 Å². The van der Waals surface area contributed by atoms with Crippen molar-refractivity contribution in [3.63, 3.8) is 0 Å². The van der Waals surface area contributed by atoms with Crippen LogP contribution < -0.4 is 0 Å². The SMILES string of the molecule is ClCCN(CCCl)[C@@H](COCc1ccccc1)Cc1ccccc1. The summed E-state index contributed by atoms with van der Waals surface area (Å²) < 4.78 is 6.00. The summed E-state index contributed by atoms with van der Waals surface area (Å²) in [5.74, 6) is 1.20. The van der Waals surface area contributed by atoms with E-state index in [2.05, 4.69) is 41.3 Å². The van der Waals surface area contributed by atoms with E-state index in [4.69, 9.17) is 27.9 Å². The highest BCUT2D eigenvalue weighted by atomic mass is 35.5. The molecule has 0 fully saturated rings. The summed E-state index contributed by atoms with van der Waals surface area (Å²) in [5, 5.41) is 0. The quantitative estimate of drug-likeness (QED) is 0.539. The van der Waals surface area contributed by atoms with E-state index in [1.165, 1.54) is 11.1 Å². The van der Waals surface area contributed by atoms with E-state index >= 15 is 0 Å². The molecule has 0 saturated carbocycles. The lowest BCUT2D eigenvalue weighted by Gasteiger charge is -2.30. The summed E-state index contributed by atoms with van der Waals surface area (Å²) in [5.41, 5.74) is 2.50. The van der Waals surface area contributed by atoms with E-state index in [0.29, 0.717) is 25.0 Å². The van der Waals surface area contributed by atoms with Crippen molar-refractivity contribution in [3.8, 4) is 0 Å². The third-order valence-electron chi connectivity index (χ3n) is 4.00. The normalized spacial score (nSPS) is 12.5. The second-order valence-electron chi connectivity index (χ2n) is 5.76. The molecule has 1 atom stereocenters. The third kappa shape index (κ3) is 6.82. The van der Waals surface area contributed by atoms with Crippen LogP contribution in [0.1, 0.15) is 11.1 Å². The van der Waals surface area contributed by atoms with E-state index in [-0.39, 0.29) is 6.04 Å². The Balaban J connectivity index is 1.97. The monoisotopic (exact) mass is 365 g/mol. The number of nitrogens with zero attached hydrogens (tertiary/aromatic N) is 1. The number of rotatable bonds is 11. The number of halogens is 2. The summed E-state index contributed by atoms with van der Waals surface area (Å²) in [4.78, 5) is 2.33. The van der Waals surface area contributed by atoms with Gasteiger partial charge in [-0.1, -0.05) is 60.7 Å². The van der Waals surface area contributed by atoms with E-state index in [0.717, 1.165) is 19.5 Å². The van der Waals surface area contributed by atoms with Crippen LogP contribution in [-0.4, -0.2) is 42.4 Å². The first-order valence-electron chi connectivity index (χ1n) is 8.35. The first kappa shape index (κ1) is 19.3. The standard InChI is InChI=1S/C20H25Cl2NO/c21-11-13-23(14-12-22)20(15-18-7-3-1-4-8-18)17-24-16-19-9-5-2-6-10-19/h1-10,20H,11-17H2/t20-/m1/s1. The number of hydrogen-bond donors (Lipinski definition) is 0. The smallest absolute Gasteiger partial charge is 0.0717 e. The molecule has 2 aromatic carbocycles. The summed E-state index contributed by atoms with van der Waals surface area (Å²) in [6.45, 7) is 2.93. The molecule has 130 valence electrons.